The van der Waals surface area contributed by atoms with Crippen LogP contribution in [0.15, 0.2) is 12.3 Å². The maximum Gasteiger partial charge on any atom is 0.433 e. The molecule has 3 nitrogen and oxygen atoms in total. The summed E-state index contributed by atoms with van der Waals surface area (Å²) in [5, 5.41) is 2.83. The van der Waals surface area contributed by atoms with Crippen molar-refractivity contribution in [3.63, 3.8) is 0 Å². The summed E-state index contributed by atoms with van der Waals surface area (Å²) in [7, 11) is 0. The molecule has 0 fully saturated rings. The second-order valence-electron chi connectivity index (χ2n) is 3.94. The van der Waals surface area contributed by atoms with Gasteiger partial charge in [0.05, 0.1) is 0 Å². The van der Waals surface area contributed by atoms with Gasteiger partial charge in [0.25, 0.3) is 0 Å². The summed E-state index contributed by atoms with van der Waals surface area (Å²) in [5.41, 5.74) is -0.930. The Balaban J connectivity index is 2.83. The molecular formula is C10H14F3N3. The summed E-state index contributed by atoms with van der Waals surface area (Å²) >= 11 is 0. The minimum absolute atomic E-state index is 0.0102. The van der Waals surface area contributed by atoms with Gasteiger partial charge >= 0.3 is 6.18 Å². The van der Waals surface area contributed by atoms with Crippen LogP contribution in [0.5, 0.6) is 0 Å². The van der Waals surface area contributed by atoms with Crippen LogP contribution >= 0.6 is 0 Å². The first-order chi connectivity index (χ1) is 7.30. The number of nitrogens with zero attached hydrogens (tertiary/aromatic N) is 2. The molecule has 1 atom stereocenters. The van der Waals surface area contributed by atoms with Crippen molar-refractivity contribution in [2.75, 3.05) is 5.32 Å². The smallest absolute Gasteiger partial charge is 0.352 e. The summed E-state index contributed by atoms with van der Waals surface area (Å²) in [6.07, 6.45) is -3.33. The first-order valence-electron chi connectivity index (χ1n) is 4.97. The lowest BCUT2D eigenvalue weighted by Crippen LogP contribution is -2.23. The number of anilines is 1. The number of aromatic nitrogens is 2. The van der Waals surface area contributed by atoms with E-state index in [4.69, 9.17) is 0 Å². The molecule has 0 saturated heterocycles. The molecule has 0 aliphatic rings. The predicted molar refractivity (Wildman–Crippen MR) is 55.0 cm³/mol. The van der Waals surface area contributed by atoms with E-state index in [1.807, 2.05) is 20.8 Å². The fraction of sp³-hybridized carbons (Fsp3) is 0.600. The fourth-order valence-corrected chi connectivity index (χ4v) is 0.956. The van der Waals surface area contributed by atoms with Gasteiger partial charge in [0.2, 0.25) is 5.95 Å². The van der Waals surface area contributed by atoms with Gasteiger partial charge in [0, 0.05) is 12.2 Å². The van der Waals surface area contributed by atoms with Gasteiger partial charge < -0.3 is 5.32 Å². The number of hydrogen-bond acceptors (Lipinski definition) is 3. The van der Waals surface area contributed by atoms with E-state index in [2.05, 4.69) is 15.3 Å². The normalized spacial score (nSPS) is 13.9. The zero-order valence-corrected chi connectivity index (χ0v) is 9.34. The van der Waals surface area contributed by atoms with Crippen LogP contribution in [0.1, 0.15) is 26.5 Å². The third-order valence-electron chi connectivity index (χ3n) is 2.30. The monoisotopic (exact) mass is 233 g/mol. The Bertz CT molecular complexity index is 349. The topological polar surface area (TPSA) is 37.8 Å². The van der Waals surface area contributed by atoms with Gasteiger partial charge in [0.15, 0.2) is 0 Å². The van der Waals surface area contributed by atoms with Crippen LogP contribution in [0, 0.1) is 5.92 Å². The van der Waals surface area contributed by atoms with E-state index in [9.17, 15) is 13.2 Å². The third-order valence-corrected chi connectivity index (χ3v) is 2.30. The van der Waals surface area contributed by atoms with Gasteiger partial charge in [0.1, 0.15) is 5.69 Å². The van der Waals surface area contributed by atoms with Crippen LogP contribution in [0.2, 0.25) is 0 Å². The van der Waals surface area contributed by atoms with Crippen LogP contribution in [-0.4, -0.2) is 16.0 Å². The Morgan fingerprint density at radius 3 is 2.38 bits per heavy atom. The first kappa shape index (κ1) is 12.7. The molecule has 0 aromatic carbocycles. The Kier molecular flexibility index (Phi) is 3.72. The number of hydrogen-bond donors (Lipinski definition) is 1. The Hall–Kier alpha value is -1.33. The van der Waals surface area contributed by atoms with Crippen molar-refractivity contribution in [2.24, 2.45) is 5.92 Å². The zero-order valence-electron chi connectivity index (χ0n) is 9.34. The molecular weight excluding hydrogens is 219 g/mol. The van der Waals surface area contributed by atoms with Crippen LogP contribution in [0.3, 0.4) is 0 Å². The Morgan fingerprint density at radius 1 is 1.25 bits per heavy atom. The average molecular weight is 233 g/mol. The van der Waals surface area contributed by atoms with E-state index in [1.54, 1.807) is 0 Å². The molecule has 0 bridgehead atoms. The van der Waals surface area contributed by atoms with E-state index < -0.39 is 11.9 Å². The summed E-state index contributed by atoms with van der Waals surface area (Å²) in [6.45, 7) is 5.80. The standard InChI is InChI=1S/C10H14F3N3/c1-6(2)7(3)15-9-14-5-4-8(16-9)10(11,12)13/h4-7H,1-3H3,(H,14,15,16). The highest BCUT2D eigenvalue weighted by atomic mass is 19.4. The summed E-state index contributed by atoms with van der Waals surface area (Å²) in [4.78, 5) is 7.17. The first-order valence-corrected chi connectivity index (χ1v) is 4.97. The third kappa shape index (κ3) is 3.36. The van der Waals surface area contributed by atoms with Crippen molar-refractivity contribution in [3.8, 4) is 0 Å². The highest BCUT2D eigenvalue weighted by molar-refractivity contribution is 5.27. The minimum atomic E-state index is -4.43. The molecule has 1 aromatic heterocycles. The highest BCUT2D eigenvalue weighted by Crippen LogP contribution is 2.27. The molecule has 0 aliphatic carbocycles. The van der Waals surface area contributed by atoms with Crippen molar-refractivity contribution in [1.29, 1.82) is 0 Å². The van der Waals surface area contributed by atoms with Gasteiger partial charge in [-0.25, -0.2) is 9.97 Å². The van der Waals surface area contributed by atoms with E-state index in [1.165, 1.54) is 0 Å². The second kappa shape index (κ2) is 4.67. The van der Waals surface area contributed by atoms with E-state index in [-0.39, 0.29) is 17.9 Å². The van der Waals surface area contributed by atoms with Gasteiger partial charge in [-0.1, -0.05) is 13.8 Å². The van der Waals surface area contributed by atoms with Crippen molar-refractivity contribution in [2.45, 2.75) is 33.0 Å². The van der Waals surface area contributed by atoms with Crippen molar-refractivity contribution in [3.05, 3.63) is 18.0 Å². The molecule has 0 saturated carbocycles. The minimum Gasteiger partial charge on any atom is -0.352 e. The molecule has 0 aliphatic heterocycles. The van der Waals surface area contributed by atoms with Crippen LogP contribution < -0.4 is 5.32 Å². The van der Waals surface area contributed by atoms with Crippen LogP contribution in [0.25, 0.3) is 0 Å². The SMILES string of the molecule is CC(C)C(C)Nc1nccc(C(F)(F)F)n1. The van der Waals surface area contributed by atoms with Gasteiger partial charge in [-0.05, 0) is 18.9 Å². The van der Waals surface area contributed by atoms with Crippen LogP contribution in [0.4, 0.5) is 19.1 Å². The van der Waals surface area contributed by atoms with Gasteiger partial charge in [-0.3, -0.25) is 0 Å². The lowest BCUT2D eigenvalue weighted by molar-refractivity contribution is -0.141. The second-order valence-corrected chi connectivity index (χ2v) is 3.94. The predicted octanol–water partition coefficient (Wildman–Crippen LogP) is 2.95. The molecule has 1 heterocycles. The van der Waals surface area contributed by atoms with Gasteiger partial charge in [-0.2, -0.15) is 13.2 Å². The number of nitrogens with one attached hydrogen (secondary N) is 1. The zero-order chi connectivity index (χ0) is 12.3. The van der Waals surface area contributed by atoms with E-state index in [0.717, 1.165) is 12.3 Å². The molecule has 1 rings (SSSR count). The van der Waals surface area contributed by atoms with Gasteiger partial charge in [-0.15, -0.1) is 0 Å². The van der Waals surface area contributed by atoms with Crippen molar-refractivity contribution in [1.82, 2.24) is 9.97 Å². The molecule has 1 aromatic rings. The number of halogens is 3. The maximum atomic E-state index is 12.3. The molecule has 0 amide bonds. The lowest BCUT2D eigenvalue weighted by atomic mass is 10.1. The molecule has 6 heteroatoms. The summed E-state index contributed by atoms with van der Waals surface area (Å²) in [5.74, 6) is 0.300. The Morgan fingerprint density at radius 2 is 1.88 bits per heavy atom. The highest BCUT2D eigenvalue weighted by Gasteiger charge is 2.32. The number of alkyl halides is 3. The Labute approximate surface area is 92.1 Å². The van der Waals surface area contributed by atoms with Crippen molar-refractivity contribution < 1.29 is 13.2 Å². The van der Waals surface area contributed by atoms with E-state index >= 15 is 0 Å². The van der Waals surface area contributed by atoms with Crippen molar-refractivity contribution >= 4 is 5.95 Å². The summed E-state index contributed by atoms with van der Waals surface area (Å²) in [6, 6.07) is 0.870. The fourth-order valence-electron chi connectivity index (χ4n) is 0.956. The van der Waals surface area contributed by atoms with E-state index in [0.29, 0.717) is 0 Å². The molecule has 16 heavy (non-hydrogen) atoms. The van der Waals surface area contributed by atoms with Crippen LogP contribution in [-0.2, 0) is 6.18 Å². The largest absolute Gasteiger partial charge is 0.433 e. The average Bonchev–Trinajstić information content (AvgIpc) is 2.16. The quantitative estimate of drug-likeness (QED) is 0.872. The molecule has 1 N–H and O–H groups in total. The molecule has 0 spiro atoms. The molecule has 1 unspecified atom stereocenters. The maximum absolute atomic E-state index is 12.3. The summed E-state index contributed by atoms with van der Waals surface area (Å²) < 4.78 is 37.0. The number of rotatable bonds is 3. The molecule has 0 radical (unpaired) electrons. The molecule has 90 valence electrons. The lowest BCUT2D eigenvalue weighted by Gasteiger charge is -2.17.